The molecule has 0 unspecified atom stereocenters. The van der Waals surface area contributed by atoms with Crippen LogP contribution in [0.1, 0.15) is 24.0 Å². The zero-order valence-corrected chi connectivity index (χ0v) is 19.8. The lowest BCUT2D eigenvalue weighted by Gasteiger charge is -2.16. The summed E-state index contributed by atoms with van der Waals surface area (Å²) in [5.74, 6) is -1.72. The second-order valence-electron chi connectivity index (χ2n) is 8.99. The zero-order chi connectivity index (χ0) is 26.2. The first-order chi connectivity index (χ1) is 17.8. The van der Waals surface area contributed by atoms with Crippen molar-refractivity contribution in [1.82, 2.24) is 4.98 Å². The Morgan fingerprint density at radius 3 is 2.27 bits per heavy atom. The number of rotatable bonds is 7. The average Bonchev–Trinajstić information content (AvgIpc) is 3.69. The molecule has 5 rings (SSSR count). The van der Waals surface area contributed by atoms with Gasteiger partial charge in [0.25, 0.3) is 0 Å². The average molecular weight is 504 g/mol. The molecule has 1 aliphatic rings. The summed E-state index contributed by atoms with van der Waals surface area (Å²) in [5.41, 5.74) is 1.11. The van der Waals surface area contributed by atoms with E-state index in [4.69, 9.17) is 4.74 Å². The van der Waals surface area contributed by atoms with Gasteiger partial charge in [0.1, 0.15) is 17.0 Å². The van der Waals surface area contributed by atoms with E-state index in [1.807, 2.05) is 0 Å². The van der Waals surface area contributed by atoms with Crippen LogP contribution in [0.4, 0.5) is 20.2 Å². The first-order valence-corrected chi connectivity index (χ1v) is 11.6. The van der Waals surface area contributed by atoms with Crippen LogP contribution in [0.25, 0.3) is 10.9 Å². The number of pyridine rings is 1. The van der Waals surface area contributed by atoms with E-state index in [2.05, 4.69) is 15.6 Å². The number of anilines is 2. The number of ether oxygens (including phenoxy) is 1. The molecule has 0 aliphatic heterocycles. The summed E-state index contributed by atoms with van der Waals surface area (Å²) < 4.78 is 33.3. The highest BCUT2D eigenvalue weighted by atomic mass is 19.1. The number of nitrogens with one attached hydrogen (secondary N) is 2. The number of carbonyl (C=O) groups is 2. The van der Waals surface area contributed by atoms with E-state index in [9.17, 15) is 19.1 Å². The van der Waals surface area contributed by atoms with Crippen LogP contribution < -0.4 is 15.4 Å². The van der Waals surface area contributed by atoms with Gasteiger partial charge in [-0.2, -0.15) is 0 Å². The second-order valence-corrected chi connectivity index (χ2v) is 8.99. The van der Waals surface area contributed by atoms with Gasteiger partial charge in [-0.25, -0.2) is 8.78 Å². The molecule has 3 aromatic carbocycles. The van der Waals surface area contributed by atoms with Crippen molar-refractivity contribution in [2.45, 2.75) is 19.3 Å². The maximum atomic E-state index is 15.0. The number of nitrogens with zero attached hydrogens (tertiary/aromatic N) is 1. The molecule has 2 amide bonds. The molecule has 1 aromatic heterocycles. The van der Waals surface area contributed by atoms with Gasteiger partial charge < -0.3 is 20.5 Å². The molecule has 3 N–H and O–H groups in total. The number of phenols is 1. The number of halogens is 2. The highest BCUT2D eigenvalue weighted by Crippen LogP contribution is 2.47. The Hall–Kier alpha value is -4.53. The summed E-state index contributed by atoms with van der Waals surface area (Å²) in [7, 11) is 1.45. The van der Waals surface area contributed by atoms with Crippen LogP contribution in [0.15, 0.2) is 66.9 Å². The molecule has 7 nitrogen and oxygen atoms in total. The normalized spacial score (nSPS) is 13.7. The molecule has 0 spiro atoms. The lowest BCUT2D eigenvalue weighted by molar-refractivity contribution is -0.131. The van der Waals surface area contributed by atoms with Crippen LogP contribution in [0.3, 0.4) is 0 Å². The summed E-state index contributed by atoms with van der Waals surface area (Å²) in [4.78, 5) is 29.9. The van der Waals surface area contributed by atoms with E-state index in [1.54, 1.807) is 30.5 Å². The highest BCUT2D eigenvalue weighted by molar-refractivity contribution is 6.16. The van der Waals surface area contributed by atoms with Gasteiger partial charge in [0.2, 0.25) is 11.8 Å². The van der Waals surface area contributed by atoms with Crippen LogP contribution >= 0.6 is 0 Å². The predicted octanol–water partition coefficient (Wildman–Crippen LogP) is 5.18. The molecule has 1 heterocycles. The summed E-state index contributed by atoms with van der Waals surface area (Å²) >= 11 is 0. The summed E-state index contributed by atoms with van der Waals surface area (Å²) in [6.07, 6.45) is 2.56. The number of methoxy groups -OCH3 is 1. The SMILES string of the molecule is COc1cc2nccc(Cc3ccc(NC(=O)C4(C(=O)Nc5ccc(F)cc5)CC4)cc3F)c2cc1O. The fourth-order valence-corrected chi connectivity index (χ4v) is 4.23. The summed E-state index contributed by atoms with van der Waals surface area (Å²) in [6, 6.07) is 14.5. The molecule has 1 fully saturated rings. The van der Waals surface area contributed by atoms with Crippen LogP contribution in [0, 0.1) is 17.0 Å². The van der Waals surface area contributed by atoms with E-state index in [0.29, 0.717) is 40.7 Å². The van der Waals surface area contributed by atoms with Gasteiger partial charge in [-0.15, -0.1) is 0 Å². The van der Waals surface area contributed by atoms with E-state index < -0.39 is 28.9 Å². The van der Waals surface area contributed by atoms with Crippen molar-refractivity contribution in [3.8, 4) is 11.5 Å². The molecule has 1 saturated carbocycles. The lowest BCUT2D eigenvalue weighted by atomic mass is 10.00. The van der Waals surface area contributed by atoms with E-state index in [1.165, 1.54) is 43.5 Å². The number of aromatic hydroxyl groups is 1. The van der Waals surface area contributed by atoms with Crippen molar-refractivity contribution in [1.29, 1.82) is 0 Å². The van der Waals surface area contributed by atoms with Gasteiger partial charge in [0, 0.05) is 35.4 Å². The first-order valence-electron chi connectivity index (χ1n) is 11.6. The fraction of sp³-hybridized carbons (Fsp3) is 0.179. The Kier molecular flexibility index (Phi) is 6.20. The Morgan fingerprint density at radius 1 is 0.946 bits per heavy atom. The quantitative estimate of drug-likeness (QED) is 0.302. The van der Waals surface area contributed by atoms with Crippen molar-refractivity contribution >= 4 is 34.1 Å². The minimum atomic E-state index is -1.25. The minimum absolute atomic E-state index is 0.0414. The number of hydrogen-bond donors (Lipinski definition) is 3. The predicted molar refractivity (Wildman–Crippen MR) is 134 cm³/mol. The summed E-state index contributed by atoms with van der Waals surface area (Å²) in [6.45, 7) is 0. The number of aromatic nitrogens is 1. The topological polar surface area (TPSA) is 101 Å². The van der Waals surface area contributed by atoms with Gasteiger partial charge in [0.15, 0.2) is 11.5 Å². The molecule has 1 aliphatic carbocycles. The maximum absolute atomic E-state index is 15.0. The molecule has 0 bridgehead atoms. The molecular formula is C28H23F2N3O4. The third kappa shape index (κ3) is 4.80. The van der Waals surface area contributed by atoms with Gasteiger partial charge >= 0.3 is 0 Å². The molecule has 37 heavy (non-hydrogen) atoms. The Morgan fingerprint density at radius 2 is 1.62 bits per heavy atom. The van der Waals surface area contributed by atoms with Crippen molar-refractivity contribution < 1.29 is 28.2 Å². The largest absolute Gasteiger partial charge is 0.504 e. The zero-order valence-electron chi connectivity index (χ0n) is 19.8. The Bertz CT molecular complexity index is 1520. The molecule has 0 saturated heterocycles. The number of phenolic OH excluding ortho intramolecular Hbond substituents is 1. The molecule has 0 atom stereocenters. The molecule has 9 heteroatoms. The van der Waals surface area contributed by atoms with Gasteiger partial charge in [-0.1, -0.05) is 6.07 Å². The van der Waals surface area contributed by atoms with Crippen LogP contribution in [-0.2, 0) is 16.0 Å². The van der Waals surface area contributed by atoms with Gasteiger partial charge in [0.05, 0.1) is 12.6 Å². The molecule has 188 valence electrons. The first kappa shape index (κ1) is 24.2. The van der Waals surface area contributed by atoms with E-state index in [-0.39, 0.29) is 17.9 Å². The standard InChI is InChI=1S/C28H23F2N3O4/c1-37-25-15-23-21(14-24(25)34)16(8-11-31-23)12-17-2-5-20(13-22(17)30)33-27(36)28(9-10-28)26(35)32-19-6-3-18(29)4-7-19/h2-8,11,13-15,34H,9-10,12H2,1H3,(H,32,35)(H,33,36). The van der Waals surface area contributed by atoms with Gasteiger partial charge in [-0.3, -0.25) is 14.6 Å². The Balaban J connectivity index is 1.30. The molecule has 0 radical (unpaired) electrons. The lowest BCUT2D eigenvalue weighted by Crippen LogP contribution is -2.35. The van der Waals surface area contributed by atoms with E-state index in [0.717, 1.165) is 5.56 Å². The number of carbonyl (C=O) groups excluding carboxylic acids is 2. The fourth-order valence-electron chi connectivity index (χ4n) is 4.23. The number of benzene rings is 3. The monoisotopic (exact) mass is 503 g/mol. The molecular weight excluding hydrogens is 480 g/mol. The number of amides is 2. The number of hydrogen-bond acceptors (Lipinski definition) is 5. The van der Waals surface area contributed by atoms with Crippen LogP contribution in [-0.4, -0.2) is 29.0 Å². The van der Waals surface area contributed by atoms with Crippen molar-refractivity contribution in [3.05, 3.63) is 89.6 Å². The van der Waals surface area contributed by atoms with Gasteiger partial charge in [-0.05, 0) is 72.5 Å². The third-order valence-corrected chi connectivity index (χ3v) is 6.55. The molecule has 4 aromatic rings. The smallest absolute Gasteiger partial charge is 0.240 e. The van der Waals surface area contributed by atoms with E-state index >= 15 is 4.39 Å². The van der Waals surface area contributed by atoms with Crippen LogP contribution in [0.5, 0.6) is 11.5 Å². The summed E-state index contributed by atoms with van der Waals surface area (Å²) in [5, 5.41) is 16.1. The van der Waals surface area contributed by atoms with Crippen molar-refractivity contribution in [2.24, 2.45) is 5.41 Å². The third-order valence-electron chi connectivity index (χ3n) is 6.55. The van der Waals surface area contributed by atoms with Crippen LogP contribution in [0.2, 0.25) is 0 Å². The number of fused-ring (bicyclic) bond motifs is 1. The van der Waals surface area contributed by atoms with Crippen molar-refractivity contribution in [2.75, 3.05) is 17.7 Å². The van der Waals surface area contributed by atoms with Crippen molar-refractivity contribution in [3.63, 3.8) is 0 Å². The second kappa shape index (κ2) is 9.50. The Labute approximate surface area is 211 Å². The minimum Gasteiger partial charge on any atom is -0.504 e. The maximum Gasteiger partial charge on any atom is 0.240 e. The highest BCUT2D eigenvalue weighted by Gasteiger charge is 2.56.